The van der Waals surface area contributed by atoms with E-state index in [-0.39, 0.29) is 12.3 Å². The van der Waals surface area contributed by atoms with Gasteiger partial charge in [0.25, 0.3) is 5.92 Å². The number of alkyl halides is 2. The largest absolute Gasteiger partial charge is 0.250 e. The highest BCUT2D eigenvalue weighted by Gasteiger charge is 2.43. The summed E-state index contributed by atoms with van der Waals surface area (Å²) < 4.78 is 40.2. The second-order valence-electron chi connectivity index (χ2n) is 5.00. The molecule has 0 amide bonds. The number of rotatable bonds is 2. The normalized spacial score (nSPS) is 27.2. The van der Waals surface area contributed by atoms with Gasteiger partial charge in [0.2, 0.25) is 0 Å². The van der Waals surface area contributed by atoms with Crippen molar-refractivity contribution in [3.8, 4) is 0 Å². The molecule has 4 heteroatoms. The Hall–Kier alpha value is -0.700. The molecule has 0 spiro atoms. The van der Waals surface area contributed by atoms with Crippen molar-refractivity contribution >= 4 is 11.6 Å². The smallest absolute Gasteiger partial charge is 0.207 e. The summed E-state index contributed by atoms with van der Waals surface area (Å²) in [6.45, 7) is 1.78. The van der Waals surface area contributed by atoms with Gasteiger partial charge in [-0.25, -0.2) is 13.2 Å². The molecule has 0 radical (unpaired) electrons. The quantitative estimate of drug-likeness (QED) is 0.678. The van der Waals surface area contributed by atoms with Gasteiger partial charge in [0.15, 0.2) is 0 Å². The molecule has 18 heavy (non-hydrogen) atoms. The monoisotopic (exact) mass is 276 g/mol. The average molecular weight is 277 g/mol. The molecule has 1 aromatic rings. The maximum absolute atomic E-state index is 13.6. The predicted molar refractivity (Wildman–Crippen MR) is 66.7 cm³/mol. The summed E-state index contributed by atoms with van der Waals surface area (Å²) in [6, 6.07) is 4.22. The molecule has 0 saturated heterocycles. The Balaban J connectivity index is 2.20. The summed E-state index contributed by atoms with van der Waals surface area (Å²) in [5.74, 6) is -3.55. The standard InChI is InChI=1S/C14H16ClF3/c1-2-10-7-9(5-6-14(10,17)18)12-4-3-11(16)8-13(12)15/h3-4,8-10H,2,5-7H2,1H3/t9-,10-/m1/s1. The summed E-state index contributed by atoms with van der Waals surface area (Å²) in [6.07, 6.45) is 1.19. The predicted octanol–water partition coefficient (Wildman–Crippen LogP) is 5.41. The van der Waals surface area contributed by atoms with E-state index in [1.54, 1.807) is 13.0 Å². The van der Waals surface area contributed by atoms with E-state index in [0.29, 0.717) is 24.3 Å². The summed E-state index contributed by atoms with van der Waals surface area (Å²) in [4.78, 5) is 0. The zero-order chi connectivity index (χ0) is 13.3. The minimum Gasteiger partial charge on any atom is -0.207 e. The van der Waals surface area contributed by atoms with Crippen LogP contribution in [0.2, 0.25) is 5.02 Å². The molecule has 0 bridgehead atoms. The van der Waals surface area contributed by atoms with Crippen molar-refractivity contribution in [3.05, 3.63) is 34.6 Å². The van der Waals surface area contributed by atoms with Gasteiger partial charge >= 0.3 is 0 Å². The Bertz CT molecular complexity index is 431. The van der Waals surface area contributed by atoms with Gasteiger partial charge in [-0.15, -0.1) is 0 Å². The van der Waals surface area contributed by atoms with Crippen molar-refractivity contribution in [3.63, 3.8) is 0 Å². The highest BCUT2D eigenvalue weighted by Crippen LogP contribution is 2.47. The maximum atomic E-state index is 13.6. The highest BCUT2D eigenvalue weighted by molar-refractivity contribution is 6.31. The van der Waals surface area contributed by atoms with Crippen LogP contribution in [-0.2, 0) is 0 Å². The molecular weight excluding hydrogens is 261 g/mol. The van der Waals surface area contributed by atoms with Gasteiger partial charge in [0, 0.05) is 17.4 Å². The summed E-state index contributed by atoms with van der Waals surface area (Å²) in [7, 11) is 0. The van der Waals surface area contributed by atoms with Crippen molar-refractivity contribution in [1.29, 1.82) is 0 Å². The number of hydrogen-bond acceptors (Lipinski definition) is 0. The molecule has 0 aliphatic heterocycles. The molecular formula is C14H16ClF3. The van der Waals surface area contributed by atoms with Crippen molar-refractivity contribution in [2.24, 2.45) is 5.92 Å². The van der Waals surface area contributed by atoms with Crippen LogP contribution in [0, 0.1) is 11.7 Å². The minimum atomic E-state index is -2.57. The Kier molecular flexibility index (Phi) is 3.90. The van der Waals surface area contributed by atoms with E-state index in [9.17, 15) is 13.2 Å². The van der Waals surface area contributed by atoms with Gasteiger partial charge in [0.1, 0.15) is 5.82 Å². The lowest BCUT2D eigenvalue weighted by Crippen LogP contribution is -2.34. The van der Waals surface area contributed by atoms with Crippen molar-refractivity contribution in [2.45, 2.75) is 44.4 Å². The van der Waals surface area contributed by atoms with E-state index < -0.39 is 17.7 Å². The van der Waals surface area contributed by atoms with Crippen LogP contribution in [0.4, 0.5) is 13.2 Å². The van der Waals surface area contributed by atoms with E-state index in [0.717, 1.165) is 5.56 Å². The molecule has 2 rings (SSSR count). The first-order chi connectivity index (χ1) is 8.44. The van der Waals surface area contributed by atoms with Crippen LogP contribution in [-0.4, -0.2) is 5.92 Å². The first-order valence-electron chi connectivity index (χ1n) is 6.26. The molecule has 1 aromatic carbocycles. The fourth-order valence-corrected chi connectivity index (χ4v) is 3.11. The van der Waals surface area contributed by atoms with Crippen LogP contribution in [0.5, 0.6) is 0 Å². The van der Waals surface area contributed by atoms with E-state index in [1.807, 2.05) is 0 Å². The first kappa shape index (κ1) is 13.7. The lowest BCUT2D eigenvalue weighted by molar-refractivity contribution is -0.0911. The molecule has 0 unspecified atom stereocenters. The van der Waals surface area contributed by atoms with E-state index in [2.05, 4.69) is 0 Å². The Morgan fingerprint density at radius 2 is 2.11 bits per heavy atom. The average Bonchev–Trinajstić information content (AvgIpc) is 2.30. The second-order valence-corrected chi connectivity index (χ2v) is 5.41. The molecule has 2 atom stereocenters. The van der Waals surface area contributed by atoms with Gasteiger partial charge < -0.3 is 0 Å². The molecule has 1 aliphatic rings. The Morgan fingerprint density at radius 3 is 2.72 bits per heavy atom. The van der Waals surface area contributed by atoms with E-state index >= 15 is 0 Å². The molecule has 1 saturated carbocycles. The highest BCUT2D eigenvalue weighted by atomic mass is 35.5. The third kappa shape index (κ3) is 2.66. The third-order valence-corrected chi connectivity index (χ3v) is 4.21. The number of benzene rings is 1. The topological polar surface area (TPSA) is 0 Å². The van der Waals surface area contributed by atoms with Crippen LogP contribution in [0.15, 0.2) is 18.2 Å². The van der Waals surface area contributed by atoms with Crippen LogP contribution in [0.1, 0.15) is 44.1 Å². The second kappa shape index (κ2) is 5.12. The minimum absolute atomic E-state index is 0.0164. The van der Waals surface area contributed by atoms with Crippen molar-refractivity contribution < 1.29 is 13.2 Å². The van der Waals surface area contributed by atoms with Crippen molar-refractivity contribution in [2.75, 3.05) is 0 Å². The van der Waals surface area contributed by atoms with Gasteiger partial charge in [-0.05, 0) is 42.9 Å². The molecule has 0 aromatic heterocycles. The van der Waals surface area contributed by atoms with Gasteiger partial charge in [0.05, 0.1) is 0 Å². The van der Waals surface area contributed by atoms with Crippen LogP contribution in [0.3, 0.4) is 0 Å². The zero-order valence-corrected chi connectivity index (χ0v) is 11.0. The van der Waals surface area contributed by atoms with E-state index in [4.69, 9.17) is 11.6 Å². The van der Waals surface area contributed by atoms with Crippen LogP contribution < -0.4 is 0 Å². The van der Waals surface area contributed by atoms with Gasteiger partial charge in [-0.2, -0.15) is 0 Å². The van der Waals surface area contributed by atoms with Crippen LogP contribution >= 0.6 is 11.6 Å². The third-order valence-electron chi connectivity index (χ3n) is 3.89. The zero-order valence-electron chi connectivity index (χ0n) is 10.2. The molecule has 0 nitrogen and oxygen atoms in total. The fourth-order valence-electron chi connectivity index (χ4n) is 2.78. The molecule has 0 heterocycles. The number of halogens is 4. The maximum Gasteiger partial charge on any atom is 0.250 e. The first-order valence-corrected chi connectivity index (χ1v) is 6.64. The fraction of sp³-hybridized carbons (Fsp3) is 0.571. The molecule has 0 N–H and O–H groups in total. The Labute approximate surface area is 110 Å². The van der Waals surface area contributed by atoms with Crippen molar-refractivity contribution in [1.82, 2.24) is 0 Å². The summed E-state index contributed by atoms with van der Waals surface area (Å²) in [5, 5.41) is 0.347. The summed E-state index contributed by atoms with van der Waals surface area (Å²) in [5.41, 5.74) is 0.798. The summed E-state index contributed by atoms with van der Waals surface area (Å²) >= 11 is 6.00. The van der Waals surface area contributed by atoms with Gasteiger partial charge in [-0.1, -0.05) is 24.6 Å². The lowest BCUT2D eigenvalue weighted by Gasteiger charge is -2.36. The Morgan fingerprint density at radius 1 is 1.39 bits per heavy atom. The van der Waals surface area contributed by atoms with Crippen LogP contribution in [0.25, 0.3) is 0 Å². The number of hydrogen-bond donors (Lipinski definition) is 0. The van der Waals surface area contributed by atoms with E-state index in [1.165, 1.54) is 12.1 Å². The molecule has 100 valence electrons. The lowest BCUT2D eigenvalue weighted by atomic mass is 9.75. The van der Waals surface area contributed by atoms with Gasteiger partial charge in [-0.3, -0.25) is 0 Å². The SMILES string of the molecule is CC[C@@H]1C[C@H](c2ccc(F)cc2Cl)CCC1(F)F. The molecule has 1 fully saturated rings. The molecule has 1 aliphatic carbocycles.